The average Bonchev–Trinajstić information content (AvgIpc) is 2.23. The molecule has 0 aliphatic carbocycles. The second-order valence-corrected chi connectivity index (χ2v) is 5.45. The summed E-state index contributed by atoms with van der Waals surface area (Å²) in [5, 5.41) is 3.31. The second kappa shape index (κ2) is 6.99. The summed E-state index contributed by atoms with van der Waals surface area (Å²) in [4.78, 5) is 0. The van der Waals surface area contributed by atoms with Gasteiger partial charge in [-0.25, -0.2) is 4.39 Å². The summed E-state index contributed by atoms with van der Waals surface area (Å²) in [7, 11) is -0.748. The number of benzene rings is 1. The molecule has 1 N–H and O–H groups in total. The summed E-state index contributed by atoms with van der Waals surface area (Å²) in [5.41, 5.74) is 0.749. The Balaban J connectivity index is 2.32. The highest BCUT2D eigenvalue weighted by Gasteiger charge is 2.04. The molecule has 0 aliphatic heterocycles. The van der Waals surface area contributed by atoms with Gasteiger partial charge in [-0.15, -0.1) is 0 Å². The molecule has 2 nitrogen and oxygen atoms in total. The SMILES string of the molecule is CS(=O)CCCNCc1cccc(F)c1Cl. The summed E-state index contributed by atoms with van der Waals surface area (Å²) in [6, 6.07) is 4.77. The summed E-state index contributed by atoms with van der Waals surface area (Å²) in [5.74, 6) is 0.291. The van der Waals surface area contributed by atoms with Crippen LogP contribution < -0.4 is 5.32 Å². The molecule has 0 saturated heterocycles. The first-order chi connectivity index (χ1) is 7.61. The molecule has 5 heteroatoms. The maximum atomic E-state index is 13.1. The van der Waals surface area contributed by atoms with Crippen LogP contribution in [0, 0.1) is 5.82 Å². The Bertz CT molecular complexity index is 373. The molecule has 0 bridgehead atoms. The lowest BCUT2D eigenvalue weighted by molar-refractivity contribution is 0.619. The lowest BCUT2D eigenvalue weighted by Gasteiger charge is -2.06. The molecule has 16 heavy (non-hydrogen) atoms. The molecular formula is C11H15ClFNOS. The normalized spacial score (nSPS) is 12.7. The van der Waals surface area contributed by atoms with E-state index < -0.39 is 16.6 Å². The molecule has 1 unspecified atom stereocenters. The Morgan fingerprint density at radius 1 is 1.50 bits per heavy atom. The highest BCUT2D eigenvalue weighted by atomic mass is 35.5. The third-order valence-electron chi connectivity index (χ3n) is 2.13. The van der Waals surface area contributed by atoms with Crippen molar-refractivity contribution in [1.29, 1.82) is 0 Å². The number of hydrogen-bond donors (Lipinski definition) is 1. The molecule has 1 aromatic rings. The van der Waals surface area contributed by atoms with Gasteiger partial charge in [-0.05, 0) is 24.6 Å². The van der Waals surface area contributed by atoms with Crippen LogP contribution in [0.3, 0.4) is 0 Å². The van der Waals surface area contributed by atoms with Gasteiger partial charge >= 0.3 is 0 Å². The van der Waals surface area contributed by atoms with Crippen molar-refractivity contribution in [3.05, 3.63) is 34.6 Å². The van der Waals surface area contributed by atoms with Gasteiger partial charge in [0.05, 0.1) is 5.02 Å². The first-order valence-corrected chi connectivity index (χ1v) is 7.15. The maximum absolute atomic E-state index is 13.1. The monoisotopic (exact) mass is 263 g/mol. The Hall–Kier alpha value is -0.450. The van der Waals surface area contributed by atoms with Crippen molar-refractivity contribution in [2.45, 2.75) is 13.0 Å². The predicted octanol–water partition coefficient (Wildman–Crippen LogP) is 2.34. The van der Waals surface area contributed by atoms with Crippen LogP contribution >= 0.6 is 11.6 Å². The van der Waals surface area contributed by atoms with Gasteiger partial charge < -0.3 is 5.32 Å². The zero-order valence-electron chi connectivity index (χ0n) is 9.13. The fourth-order valence-electron chi connectivity index (χ4n) is 1.31. The fourth-order valence-corrected chi connectivity index (χ4v) is 2.05. The third-order valence-corrected chi connectivity index (χ3v) is 3.42. The van der Waals surface area contributed by atoms with Crippen LogP contribution in [0.2, 0.25) is 5.02 Å². The highest BCUT2D eigenvalue weighted by molar-refractivity contribution is 7.84. The van der Waals surface area contributed by atoms with Crippen molar-refractivity contribution in [1.82, 2.24) is 5.32 Å². The van der Waals surface area contributed by atoms with Gasteiger partial charge in [-0.2, -0.15) is 0 Å². The molecule has 0 radical (unpaired) electrons. The van der Waals surface area contributed by atoms with E-state index in [1.165, 1.54) is 6.07 Å². The quantitative estimate of drug-likeness (QED) is 0.799. The predicted molar refractivity (Wildman–Crippen MR) is 66.7 cm³/mol. The Morgan fingerprint density at radius 2 is 2.25 bits per heavy atom. The van der Waals surface area contributed by atoms with Gasteiger partial charge in [0.25, 0.3) is 0 Å². The van der Waals surface area contributed by atoms with E-state index in [1.807, 2.05) is 0 Å². The van der Waals surface area contributed by atoms with Crippen molar-refractivity contribution < 1.29 is 8.60 Å². The van der Waals surface area contributed by atoms with E-state index in [1.54, 1.807) is 18.4 Å². The van der Waals surface area contributed by atoms with Gasteiger partial charge in [0.15, 0.2) is 0 Å². The van der Waals surface area contributed by atoms with Gasteiger partial charge in [-0.3, -0.25) is 4.21 Å². The average molecular weight is 264 g/mol. The minimum Gasteiger partial charge on any atom is -0.313 e. The van der Waals surface area contributed by atoms with E-state index in [4.69, 9.17) is 11.6 Å². The molecule has 1 atom stereocenters. The minimum absolute atomic E-state index is 0.175. The molecule has 1 rings (SSSR count). The number of halogens is 2. The van der Waals surface area contributed by atoms with Crippen molar-refractivity contribution >= 4 is 22.4 Å². The summed E-state index contributed by atoms with van der Waals surface area (Å²) >= 11 is 5.79. The summed E-state index contributed by atoms with van der Waals surface area (Å²) in [6.07, 6.45) is 2.53. The molecule has 0 heterocycles. The number of nitrogens with one attached hydrogen (secondary N) is 1. The lowest BCUT2D eigenvalue weighted by atomic mass is 10.2. The summed E-state index contributed by atoms with van der Waals surface area (Å²) < 4.78 is 23.8. The van der Waals surface area contributed by atoms with E-state index in [2.05, 4.69) is 5.32 Å². The van der Waals surface area contributed by atoms with Gasteiger partial charge in [0.1, 0.15) is 5.82 Å². The van der Waals surface area contributed by atoms with Gasteiger partial charge in [0.2, 0.25) is 0 Å². The minimum atomic E-state index is -0.748. The van der Waals surface area contributed by atoms with Crippen LogP contribution in [0.1, 0.15) is 12.0 Å². The lowest BCUT2D eigenvalue weighted by Crippen LogP contribution is -2.17. The van der Waals surface area contributed by atoms with E-state index in [0.717, 1.165) is 18.5 Å². The first kappa shape index (κ1) is 13.6. The fraction of sp³-hybridized carbons (Fsp3) is 0.455. The zero-order chi connectivity index (χ0) is 12.0. The van der Waals surface area contributed by atoms with Crippen LogP contribution in [0.15, 0.2) is 18.2 Å². The molecule has 0 amide bonds. The molecule has 0 aromatic heterocycles. The molecular weight excluding hydrogens is 249 g/mol. The number of rotatable bonds is 6. The zero-order valence-corrected chi connectivity index (χ0v) is 10.7. The van der Waals surface area contributed by atoms with Crippen LogP contribution in [-0.4, -0.2) is 22.8 Å². The molecule has 0 fully saturated rings. The Morgan fingerprint density at radius 3 is 2.94 bits per heavy atom. The van der Waals surface area contributed by atoms with E-state index in [-0.39, 0.29) is 5.02 Å². The van der Waals surface area contributed by atoms with E-state index >= 15 is 0 Å². The van der Waals surface area contributed by atoms with Crippen molar-refractivity contribution in [2.75, 3.05) is 18.6 Å². The smallest absolute Gasteiger partial charge is 0.142 e. The van der Waals surface area contributed by atoms with Crippen LogP contribution in [-0.2, 0) is 17.3 Å². The number of hydrogen-bond acceptors (Lipinski definition) is 2. The van der Waals surface area contributed by atoms with Crippen molar-refractivity contribution in [2.24, 2.45) is 0 Å². The van der Waals surface area contributed by atoms with Crippen molar-refractivity contribution in [3.8, 4) is 0 Å². The van der Waals surface area contributed by atoms with Crippen LogP contribution in [0.25, 0.3) is 0 Å². The van der Waals surface area contributed by atoms with Crippen LogP contribution in [0.4, 0.5) is 4.39 Å². The Kier molecular flexibility index (Phi) is 5.95. The van der Waals surface area contributed by atoms with Gasteiger partial charge in [-0.1, -0.05) is 23.7 Å². The third kappa shape index (κ3) is 4.60. The molecule has 0 aliphatic rings. The molecule has 90 valence electrons. The topological polar surface area (TPSA) is 29.1 Å². The molecule has 1 aromatic carbocycles. The van der Waals surface area contributed by atoms with E-state index in [0.29, 0.717) is 12.3 Å². The largest absolute Gasteiger partial charge is 0.313 e. The molecule has 0 saturated carbocycles. The second-order valence-electron chi connectivity index (χ2n) is 3.52. The van der Waals surface area contributed by atoms with Gasteiger partial charge in [0, 0.05) is 29.4 Å². The highest BCUT2D eigenvalue weighted by Crippen LogP contribution is 2.19. The Labute approximate surface area is 103 Å². The maximum Gasteiger partial charge on any atom is 0.142 e. The van der Waals surface area contributed by atoms with E-state index in [9.17, 15) is 8.60 Å². The first-order valence-electron chi connectivity index (χ1n) is 5.05. The molecule has 0 spiro atoms. The summed E-state index contributed by atoms with van der Waals surface area (Å²) in [6.45, 7) is 1.29. The van der Waals surface area contributed by atoms with Crippen molar-refractivity contribution in [3.63, 3.8) is 0 Å². The standard InChI is InChI=1S/C11H15ClFNOS/c1-16(15)7-3-6-14-8-9-4-2-5-10(13)11(9)12/h2,4-5,14H,3,6-8H2,1H3. The van der Waals surface area contributed by atoms with Crippen LogP contribution in [0.5, 0.6) is 0 Å².